The minimum Gasteiger partial charge on any atom is -0.488 e. The molecule has 0 unspecified atom stereocenters. The van der Waals surface area contributed by atoms with Crippen LogP contribution in [0.5, 0.6) is 5.75 Å². The highest BCUT2D eigenvalue weighted by Crippen LogP contribution is 2.38. The summed E-state index contributed by atoms with van der Waals surface area (Å²) >= 11 is 1.33. The molecule has 0 radical (unpaired) electrons. The third-order valence-electron chi connectivity index (χ3n) is 5.12. The van der Waals surface area contributed by atoms with Gasteiger partial charge in [0, 0.05) is 31.5 Å². The number of amides is 1. The second kappa shape index (κ2) is 7.16. The van der Waals surface area contributed by atoms with Crippen molar-refractivity contribution in [1.29, 1.82) is 0 Å². The molecule has 0 bridgehead atoms. The van der Waals surface area contributed by atoms with E-state index in [1.807, 2.05) is 16.3 Å². The van der Waals surface area contributed by atoms with Crippen molar-refractivity contribution in [2.75, 3.05) is 49.3 Å². The van der Waals surface area contributed by atoms with Gasteiger partial charge in [0.1, 0.15) is 11.3 Å². The van der Waals surface area contributed by atoms with Crippen molar-refractivity contribution in [3.8, 4) is 17.0 Å². The van der Waals surface area contributed by atoms with Gasteiger partial charge in [0.05, 0.1) is 42.9 Å². The molecule has 0 aliphatic carbocycles. The van der Waals surface area contributed by atoms with Crippen LogP contribution in [0.1, 0.15) is 6.92 Å². The fraction of sp³-hybridized carbons (Fsp3) is 0.350. The minimum atomic E-state index is -0.0735. The summed E-state index contributed by atoms with van der Waals surface area (Å²) in [6.07, 6.45) is 1.62. The van der Waals surface area contributed by atoms with Crippen LogP contribution in [-0.2, 0) is 9.53 Å². The number of hydrogen-bond acceptors (Lipinski definition) is 8. The third-order valence-corrected chi connectivity index (χ3v) is 6.10. The number of hydrogen-bond donors (Lipinski definition) is 0. The van der Waals surface area contributed by atoms with Gasteiger partial charge in [-0.05, 0) is 6.07 Å². The fourth-order valence-corrected chi connectivity index (χ4v) is 4.54. The lowest BCUT2D eigenvalue weighted by atomic mass is 10.1. The van der Waals surface area contributed by atoms with Gasteiger partial charge in [0.2, 0.25) is 11.3 Å². The first-order valence-corrected chi connectivity index (χ1v) is 10.3. The Morgan fingerprint density at radius 3 is 2.79 bits per heavy atom. The first-order valence-electron chi connectivity index (χ1n) is 9.41. The second-order valence-electron chi connectivity index (χ2n) is 6.91. The molecular weight excluding hydrogens is 394 g/mol. The number of thiophene rings is 1. The van der Waals surface area contributed by atoms with Crippen molar-refractivity contribution in [2.24, 2.45) is 0 Å². The molecule has 2 aliphatic rings. The van der Waals surface area contributed by atoms with E-state index < -0.39 is 0 Å². The number of ether oxygens (including phenoxy) is 2. The van der Waals surface area contributed by atoms with E-state index in [1.165, 1.54) is 18.3 Å². The largest absolute Gasteiger partial charge is 0.488 e. The monoisotopic (exact) mass is 413 g/mol. The topological polar surface area (TPSA) is 85.1 Å². The van der Waals surface area contributed by atoms with E-state index in [0.717, 1.165) is 5.56 Å². The maximum absolute atomic E-state index is 12.7. The van der Waals surface area contributed by atoms with Crippen LogP contribution in [0, 0.1) is 0 Å². The highest BCUT2D eigenvalue weighted by atomic mass is 32.1. The molecule has 1 amide bonds. The highest BCUT2D eigenvalue weighted by Gasteiger charge is 2.24. The Labute approximate surface area is 170 Å². The number of morpholine rings is 1. The summed E-state index contributed by atoms with van der Waals surface area (Å²) in [5, 5.41) is 1.87. The molecule has 1 fully saturated rings. The van der Waals surface area contributed by atoms with Crippen molar-refractivity contribution in [1.82, 2.24) is 4.98 Å². The maximum atomic E-state index is 12.7. The fourth-order valence-electron chi connectivity index (χ4n) is 3.64. The van der Waals surface area contributed by atoms with Gasteiger partial charge in [0.15, 0.2) is 17.2 Å². The van der Waals surface area contributed by atoms with E-state index in [4.69, 9.17) is 13.9 Å². The van der Waals surface area contributed by atoms with Crippen LogP contribution in [-0.4, -0.2) is 50.3 Å². The van der Waals surface area contributed by atoms with Crippen LogP contribution in [0.2, 0.25) is 0 Å². The molecule has 150 valence electrons. The molecule has 0 N–H and O–H groups in total. The van der Waals surface area contributed by atoms with Crippen molar-refractivity contribution >= 4 is 39.1 Å². The molecule has 0 saturated carbocycles. The number of pyridine rings is 1. The van der Waals surface area contributed by atoms with Gasteiger partial charge < -0.3 is 23.7 Å². The molecular formula is C20H19N3O5S. The van der Waals surface area contributed by atoms with Gasteiger partial charge in [-0.15, -0.1) is 11.3 Å². The molecule has 3 aromatic rings. The van der Waals surface area contributed by atoms with Gasteiger partial charge in [-0.1, -0.05) is 0 Å². The summed E-state index contributed by atoms with van der Waals surface area (Å²) < 4.78 is 17.7. The van der Waals surface area contributed by atoms with E-state index in [0.29, 0.717) is 72.8 Å². The molecule has 2 aliphatic heterocycles. The lowest BCUT2D eigenvalue weighted by Crippen LogP contribution is -2.36. The van der Waals surface area contributed by atoms with E-state index in [9.17, 15) is 9.59 Å². The number of aromatic nitrogens is 1. The quantitative estimate of drug-likeness (QED) is 0.638. The molecule has 5 heterocycles. The zero-order chi connectivity index (χ0) is 20.0. The van der Waals surface area contributed by atoms with Crippen LogP contribution < -0.4 is 20.0 Å². The first kappa shape index (κ1) is 18.1. The maximum Gasteiger partial charge on any atom is 0.224 e. The second-order valence-corrected chi connectivity index (χ2v) is 7.79. The van der Waals surface area contributed by atoms with Crippen LogP contribution in [0.15, 0.2) is 32.9 Å². The molecule has 1 saturated heterocycles. The minimum absolute atomic E-state index is 0.0528. The number of anilines is 2. The standard InChI is InChI=1S/C20H19N3O5S/c1-12(24)23-4-7-27-17-10-21-14(8-15(17)23)13-11-29-20-16(25)9-18(28-19(13)20)22-2-5-26-6-3-22/h8-11H,2-7H2,1H3. The molecule has 5 rings (SSSR count). The lowest BCUT2D eigenvalue weighted by Gasteiger charge is -2.28. The van der Waals surface area contributed by atoms with Crippen molar-refractivity contribution in [3.05, 3.63) is 33.9 Å². The molecule has 0 spiro atoms. The van der Waals surface area contributed by atoms with Crippen LogP contribution in [0.3, 0.4) is 0 Å². The number of fused-ring (bicyclic) bond motifs is 2. The SMILES string of the molecule is CC(=O)N1CCOc2cnc(-c3csc4c(=O)cc(N5CCOCC5)oc34)cc21. The van der Waals surface area contributed by atoms with Crippen molar-refractivity contribution in [3.63, 3.8) is 0 Å². The molecule has 8 nitrogen and oxygen atoms in total. The van der Waals surface area contributed by atoms with E-state index in [2.05, 4.69) is 4.98 Å². The van der Waals surface area contributed by atoms with E-state index in [1.54, 1.807) is 17.2 Å². The summed E-state index contributed by atoms with van der Waals surface area (Å²) in [6.45, 7) is 5.02. The van der Waals surface area contributed by atoms with Crippen LogP contribution >= 0.6 is 11.3 Å². The molecule has 29 heavy (non-hydrogen) atoms. The Morgan fingerprint density at radius 1 is 1.17 bits per heavy atom. The third kappa shape index (κ3) is 3.16. The Kier molecular flexibility index (Phi) is 4.48. The van der Waals surface area contributed by atoms with Gasteiger partial charge >= 0.3 is 0 Å². The molecule has 3 aromatic heterocycles. The Hall–Kier alpha value is -2.91. The van der Waals surface area contributed by atoms with Gasteiger partial charge in [-0.25, -0.2) is 0 Å². The Morgan fingerprint density at radius 2 is 2.00 bits per heavy atom. The predicted molar refractivity (Wildman–Crippen MR) is 110 cm³/mol. The average molecular weight is 413 g/mol. The summed E-state index contributed by atoms with van der Waals surface area (Å²) in [5.41, 5.74) is 2.49. The zero-order valence-electron chi connectivity index (χ0n) is 15.8. The Balaban J connectivity index is 1.62. The van der Waals surface area contributed by atoms with Crippen LogP contribution in [0.25, 0.3) is 21.5 Å². The van der Waals surface area contributed by atoms with E-state index in [-0.39, 0.29) is 11.3 Å². The number of carbonyl (C=O) groups excluding carboxylic acids is 1. The predicted octanol–water partition coefficient (Wildman–Crippen LogP) is 2.50. The van der Waals surface area contributed by atoms with Crippen molar-refractivity contribution in [2.45, 2.75) is 6.92 Å². The lowest BCUT2D eigenvalue weighted by molar-refractivity contribution is -0.116. The summed E-state index contributed by atoms with van der Waals surface area (Å²) in [5.74, 6) is 1.06. The van der Waals surface area contributed by atoms with Gasteiger partial charge in [0.25, 0.3) is 0 Å². The van der Waals surface area contributed by atoms with Crippen molar-refractivity contribution < 1.29 is 18.7 Å². The van der Waals surface area contributed by atoms with Crippen LogP contribution in [0.4, 0.5) is 11.6 Å². The molecule has 9 heteroatoms. The van der Waals surface area contributed by atoms with Gasteiger partial charge in [-0.2, -0.15) is 0 Å². The molecule has 0 aromatic carbocycles. The summed E-state index contributed by atoms with van der Waals surface area (Å²) in [6, 6.07) is 3.36. The number of carbonyl (C=O) groups is 1. The Bertz CT molecular complexity index is 1150. The van der Waals surface area contributed by atoms with E-state index >= 15 is 0 Å². The summed E-state index contributed by atoms with van der Waals surface area (Å²) in [7, 11) is 0. The zero-order valence-corrected chi connectivity index (χ0v) is 16.7. The first-order chi connectivity index (χ1) is 14.1. The number of nitrogens with zero attached hydrogens (tertiary/aromatic N) is 3. The summed E-state index contributed by atoms with van der Waals surface area (Å²) in [4.78, 5) is 32.9. The normalized spacial score (nSPS) is 16.6. The molecule has 0 atom stereocenters. The number of rotatable bonds is 2. The highest BCUT2D eigenvalue weighted by molar-refractivity contribution is 7.17. The average Bonchev–Trinajstić information content (AvgIpc) is 3.18. The van der Waals surface area contributed by atoms with Gasteiger partial charge in [-0.3, -0.25) is 14.6 Å². The smallest absolute Gasteiger partial charge is 0.224 e.